The molecule has 23 heavy (non-hydrogen) atoms. The van der Waals surface area contributed by atoms with E-state index in [0.717, 1.165) is 0 Å². The van der Waals surface area contributed by atoms with Gasteiger partial charge in [-0.2, -0.15) is 39.5 Å². The summed E-state index contributed by atoms with van der Waals surface area (Å²) in [5.41, 5.74) is -21.1. The fourth-order valence-electron chi connectivity index (χ4n) is 0.828. The third-order valence-corrected chi connectivity index (χ3v) is 9.74. The van der Waals surface area contributed by atoms with Crippen LogP contribution in [0.5, 0.6) is 0 Å². The molecule has 138 valence electrons. The normalized spacial score (nSPS) is 15.4. The number of halogens is 9. The zero-order valence-electron chi connectivity index (χ0n) is 11.9. The molecule has 0 saturated carbocycles. The van der Waals surface area contributed by atoms with Crippen molar-refractivity contribution in [2.45, 2.75) is 20.4 Å². The van der Waals surface area contributed by atoms with Gasteiger partial charge in [-0.05, 0) is 0 Å². The molecule has 0 aliphatic rings. The van der Waals surface area contributed by atoms with E-state index in [1.807, 2.05) is 0 Å². The third-order valence-electron chi connectivity index (χ3n) is 1.73. The van der Waals surface area contributed by atoms with Gasteiger partial charge in [0.25, 0.3) is 33.4 Å². The summed E-state index contributed by atoms with van der Waals surface area (Å²) in [4.78, 5) is 0. The molecule has 19 heteroatoms. The van der Waals surface area contributed by atoms with Crippen molar-refractivity contribution in [2.24, 2.45) is 0 Å². The largest absolute Gasteiger partial charge is 2.00 e. The van der Waals surface area contributed by atoms with Gasteiger partial charge in [0.2, 0.25) is 0 Å². The Morgan fingerprint density at radius 1 is 0.522 bits per heavy atom. The van der Waals surface area contributed by atoms with E-state index in [1.165, 1.54) is 0 Å². The minimum Gasteiger partial charge on any atom is -1.00 e. The van der Waals surface area contributed by atoms with E-state index < -0.39 is 50.0 Å². The number of sulfone groups is 3. The SMILES string of the molecule is O=S(=O)(C(S(=O)(=O)C(F)(F)F)S(=O)(=O)C(F)(F)F)C(F)(F)F.[H-].[H-].[Mg+2]. The molecule has 0 aromatic rings. The average molecular weight is 439 g/mol. The fourth-order valence-corrected chi connectivity index (χ4v) is 7.45. The summed E-state index contributed by atoms with van der Waals surface area (Å²) in [6, 6.07) is 0. The molecule has 0 N–H and O–H groups in total. The Kier molecular flexibility index (Phi) is 6.99. The van der Waals surface area contributed by atoms with E-state index >= 15 is 0 Å². The molecule has 0 atom stereocenters. The second kappa shape index (κ2) is 6.37. The molecule has 0 saturated heterocycles. The van der Waals surface area contributed by atoms with E-state index in [1.54, 1.807) is 0 Å². The molecule has 0 heterocycles. The van der Waals surface area contributed by atoms with E-state index in [9.17, 15) is 64.8 Å². The van der Waals surface area contributed by atoms with Crippen LogP contribution in [0.3, 0.4) is 0 Å². The smallest absolute Gasteiger partial charge is 1.00 e. The average Bonchev–Trinajstić information content (AvgIpc) is 2.09. The predicted molar refractivity (Wildman–Crippen MR) is 56.7 cm³/mol. The van der Waals surface area contributed by atoms with Crippen LogP contribution < -0.4 is 0 Å². The Morgan fingerprint density at radius 2 is 0.652 bits per heavy atom. The van der Waals surface area contributed by atoms with Crippen LogP contribution >= 0.6 is 0 Å². The molecule has 0 aromatic heterocycles. The Labute approximate surface area is 140 Å². The number of hydrogen-bond acceptors (Lipinski definition) is 6. The summed E-state index contributed by atoms with van der Waals surface area (Å²) in [7, 11) is -23.8. The van der Waals surface area contributed by atoms with Gasteiger partial charge in [0.1, 0.15) is 0 Å². The van der Waals surface area contributed by atoms with Crippen LogP contribution in [0.4, 0.5) is 39.5 Å². The van der Waals surface area contributed by atoms with Gasteiger partial charge in [0.05, 0.1) is 0 Å². The van der Waals surface area contributed by atoms with Crippen LogP contribution in [-0.2, 0) is 29.5 Å². The van der Waals surface area contributed by atoms with E-state index in [4.69, 9.17) is 0 Å². The predicted octanol–water partition coefficient (Wildman–Crippen LogP) is 0.918. The minimum atomic E-state index is -7.94. The number of hydrogen-bond donors (Lipinski definition) is 0. The van der Waals surface area contributed by atoms with Crippen molar-refractivity contribution in [2.75, 3.05) is 0 Å². The van der Waals surface area contributed by atoms with Gasteiger partial charge >= 0.3 is 39.6 Å². The molecule has 0 unspecified atom stereocenters. The summed E-state index contributed by atoms with van der Waals surface area (Å²) in [5.74, 6) is 0. The minimum absolute atomic E-state index is 0. The molecule has 0 radical (unpaired) electrons. The third kappa shape index (κ3) is 4.34. The zero-order valence-corrected chi connectivity index (χ0v) is 13.7. The first-order valence-corrected chi connectivity index (χ1v) is 8.66. The summed E-state index contributed by atoms with van der Waals surface area (Å²) in [5, 5.41) is 0. The molecule has 0 aliphatic heterocycles. The summed E-state index contributed by atoms with van der Waals surface area (Å²) >= 11 is 0. The molecule has 0 aliphatic carbocycles. The second-order valence-corrected chi connectivity index (χ2v) is 10.2. The van der Waals surface area contributed by atoms with Crippen LogP contribution in [0.2, 0.25) is 0 Å². The second-order valence-electron chi connectivity index (χ2n) is 3.26. The maximum absolute atomic E-state index is 12.1. The van der Waals surface area contributed by atoms with Crippen LogP contribution in [0.15, 0.2) is 0 Å². The summed E-state index contributed by atoms with van der Waals surface area (Å²) in [6.07, 6.45) is 0. The van der Waals surface area contributed by atoms with Gasteiger partial charge in [-0.1, -0.05) is 0 Å². The van der Waals surface area contributed by atoms with Crippen LogP contribution in [-0.4, -0.2) is 68.7 Å². The number of alkyl halides is 9. The van der Waals surface area contributed by atoms with Gasteiger partial charge in [-0.25, -0.2) is 25.3 Å². The maximum Gasteiger partial charge on any atom is 2.00 e. The van der Waals surface area contributed by atoms with Crippen molar-refractivity contribution >= 4 is 52.6 Å². The van der Waals surface area contributed by atoms with Crippen molar-refractivity contribution in [3.05, 3.63) is 0 Å². The first-order valence-electron chi connectivity index (χ1n) is 4.02. The van der Waals surface area contributed by atoms with Crippen LogP contribution in [0.25, 0.3) is 0 Å². The Bertz CT molecular complexity index is 644. The molecule has 0 aromatic carbocycles. The van der Waals surface area contributed by atoms with Crippen LogP contribution in [0.1, 0.15) is 2.85 Å². The van der Waals surface area contributed by atoms with Crippen molar-refractivity contribution in [3.8, 4) is 0 Å². The fraction of sp³-hybridized carbons (Fsp3) is 1.00. The molecule has 0 bridgehead atoms. The van der Waals surface area contributed by atoms with E-state index in [2.05, 4.69) is 0 Å². The number of rotatable bonds is 3. The zero-order chi connectivity index (χ0) is 18.6. The molecular formula is C4H3F9MgO6S3. The van der Waals surface area contributed by atoms with Gasteiger partial charge in [0.15, 0.2) is 0 Å². The molecule has 0 spiro atoms. The molecule has 0 rings (SSSR count). The van der Waals surface area contributed by atoms with Gasteiger partial charge in [0, 0.05) is 0 Å². The van der Waals surface area contributed by atoms with Crippen molar-refractivity contribution in [3.63, 3.8) is 0 Å². The van der Waals surface area contributed by atoms with Gasteiger partial charge in [-0.3, -0.25) is 0 Å². The summed E-state index contributed by atoms with van der Waals surface area (Å²) < 4.78 is 167. The summed E-state index contributed by atoms with van der Waals surface area (Å²) in [6.45, 7) is 0. The van der Waals surface area contributed by atoms with E-state index in [0.29, 0.717) is 0 Å². The maximum atomic E-state index is 12.1. The monoisotopic (exact) mass is 438 g/mol. The van der Waals surface area contributed by atoms with Gasteiger partial charge < -0.3 is 2.85 Å². The topological polar surface area (TPSA) is 102 Å². The Balaban J connectivity index is -0.000000735. The van der Waals surface area contributed by atoms with Crippen molar-refractivity contribution < 1.29 is 67.6 Å². The molecule has 6 nitrogen and oxygen atoms in total. The quantitative estimate of drug-likeness (QED) is 0.480. The first-order chi connectivity index (χ1) is 9.12. The van der Waals surface area contributed by atoms with Gasteiger partial charge in [-0.15, -0.1) is 0 Å². The van der Waals surface area contributed by atoms with Crippen molar-refractivity contribution in [1.29, 1.82) is 0 Å². The Hall–Kier alpha value is -0.0138. The first kappa shape index (κ1) is 25.2. The standard InChI is InChI=1S/C4HF9O6S3.Mg.2H/c5-2(6,7)20(14,15)1(21(16,17)3(8,9)10)22(18,19)4(11,12)13;;;/h1H;;;/q;+2;2*-1. The molecule has 0 amide bonds. The Morgan fingerprint density at radius 3 is 0.739 bits per heavy atom. The van der Waals surface area contributed by atoms with Crippen molar-refractivity contribution in [1.82, 2.24) is 0 Å². The van der Waals surface area contributed by atoms with Crippen LogP contribution in [0, 0.1) is 0 Å². The van der Waals surface area contributed by atoms with E-state index in [-0.39, 0.29) is 25.9 Å². The molecule has 0 fully saturated rings. The molecular weight excluding hydrogens is 436 g/mol.